The van der Waals surface area contributed by atoms with Gasteiger partial charge in [-0.15, -0.1) is 0 Å². The number of rotatable bonds is 15. The Morgan fingerprint density at radius 3 is 2.03 bits per heavy atom. The number of carbonyl (C=O) groups excluding carboxylic acids is 3. The molecule has 13 N–H and O–H groups in total. The van der Waals surface area contributed by atoms with Crippen LogP contribution >= 0.6 is 0 Å². The fourth-order valence-corrected chi connectivity index (χ4v) is 2.36. The monoisotopic (exact) mass is 416 g/mol. The molecule has 0 aromatic carbocycles. The van der Waals surface area contributed by atoms with Gasteiger partial charge < -0.3 is 44.4 Å². The maximum Gasteiger partial charge on any atom is 0.326 e. The Kier molecular flexibility index (Phi) is 12.7. The first-order valence-electron chi connectivity index (χ1n) is 9.21. The normalized spacial score (nSPS) is 13.6. The van der Waals surface area contributed by atoms with E-state index in [1.54, 1.807) is 0 Å². The van der Waals surface area contributed by atoms with Gasteiger partial charge in [0.15, 0.2) is 5.96 Å². The summed E-state index contributed by atoms with van der Waals surface area (Å²) in [5.41, 5.74) is 26.7. The second-order valence-electron chi connectivity index (χ2n) is 6.47. The predicted molar refractivity (Wildman–Crippen MR) is 106 cm³/mol. The van der Waals surface area contributed by atoms with Gasteiger partial charge in [0.25, 0.3) is 0 Å². The number of carboxylic acid groups (broad SMARTS) is 1. The number of aliphatic carboxylic acids is 1. The Morgan fingerprint density at radius 1 is 0.897 bits per heavy atom. The first kappa shape index (κ1) is 26.1. The zero-order valence-electron chi connectivity index (χ0n) is 16.3. The van der Waals surface area contributed by atoms with Crippen molar-refractivity contribution in [2.45, 2.75) is 56.7 Å². The molecule has 0 aliphatic carbocycles. The number of nitrogens with one attached hydrogen (secondary N) is 2. The molecule has 166 valence electrons. The van der Waals surface area contributed by atoms with Crippen molar-refractivity contribution in [3.05, 3.63) is 0 Å². The number of carbonyl (C=O) groups is 4. The van der Waals surface area contributed by atoms with Crippen LogP contribution in [0.15, 0.2) is 4.99 Å². The first-order valence-corrected chi connectivity index (χ1v) is 9.21. The second kappa shape index (κ2) is 14.1. The van der Waals surface area contributed by atoms with Gasteiger partial charge >= 0.3 is 5.97 Å². The molecule has 0 aliphatic heterocycles. The van der Waals surface area contributed by atoms with Crippen molar-refractivity contribution in [3.8, 4) is 0 Å². The van der Waals surface area contributed by atoms with Gasteiger partial charge in [0.1, 0.15) is 12.1 Å². The summed E-state index contributed by atoms with van der Waals surface area (Å²) in [5.74, 6) is -3.70. The van der Waals surface area contributed by atoms with Crippen LogP contribution in [0.3, 0.4) is 0 Å². The molecule has 0 radical (unpaired) electrons. The van der Waals surface area contributed by atoms with Gasteiger partial charge in [-0.25, -0.2) is 4.79 Å². The number of unbranched alkanes of at least 4 members (excludes halogenated alkanes) is 1. The highest BCUT2D eigenvalue weighted by molar-refractivity contribution is 5.94. The summed E-state index contributed by atoms with van der Waals surface area (Å²) < 4.78 is 0. The molecular weight excluding hydrogens is 384 g/mol. The van der Waals surface area contributed by atoms with Crippen LogP contribution in [0, 0.1) is 0 Å². The van der Waals surface area contributed by atoms with E-state index in [2.05, 4.69) is 15.6 Å². The molecule has 0 fully saturated rings. The van der Waals surface area contributed by atoms with Gasteiger partial charge in [-0.2, -0.15) is 0 Å². The van der Waals surface area contributed by atoms with Crippen LogP contribution in [0.2, 0.25) is 0 Å². The molecule has 3 atom stereocenters. The molecule has 0 aliphatic rings. The molecule has 0 aromatic rings. The lowest BCUT2D eigenvalue weighted by molar-refractivity contribution is -0.142. The summed E-state index contributed by atoms with van der Waals surface area (Å²) in [4.78, 5) is 51.0. The van der Waals surface area contributed by atoms with Gasteiger partial charge in [-0.1, -0.05) is 0 Å². The van der Waals surface area contributed by atoms with Crippen LogP contribution < -0.4 is 39.3 Å². The highest BCUT2D eigenvalue weighted by Gasteiger charge is 2.28. The second-order valence-corrected chi connectivity index (χ2v) is 6.47. The lowest BCUT2D eigenvalue weighted by Crippen LogP contribution is -2.55. The molecule has 0 saturated carbocycles. The highest BCUT2D eigenvalue weighted by atomic mass is 16.4. The van der Waals surface area contributed by atoms with Crippen molar-refractivity contribution in [3.63, 3.8) is 0 Å². The zero-order chi connectivity index (χ0) is 22.4. The maximum atomic E-state index is 12.4. The molecule has 0 aromatic heterocycles. The van der Waals surface area contributed by atoms with Gasteiger partial charge in [0.05, 0.1) is 12.5 Å². The number of amides is 3. The van der Waals surface area contributed by atoms with E-state index in [1.807, 2.05) is 0 Å². The Hall–Kier alpha value is -2.93. The SMILES string of the molecule is NCCCC[C@H](NC(=O)[C@H](CC(N)=O)NC(=O)[C@@H](N)CCCN=C(N)N)C(=O)O. The highest BCUT2D eigenvalue weighted by Crippen LogP contribution is 2.04. The van der Waals surface area contributed by atoms with Crippen LogP contribution in [0.25, 0.3) is 0 Å². The van der Waals surface area contributed by atoms with Gasteiger partial charge in [-0.05, 0) is 38.6 Å². The molecule has 0 spiro atoms. The van der Waals surface area contributed by atoms with Crippen LogP contribution in [-0.4, -0.2) is 66.0 Å². The molecule has 0 bridgehead atoms. The molecule has 3 amide bonds. The van der Waals surface area contributed by atoms with E-state index in [4.69, 9.17) is 28.7 Å². The number of nitrogens with two attached hydrogens (primary N) is 5. The summed E-state index contributed by atoms with van der Waals surface area (Å²) in [6.45, 7) is 0.666. The van der Waals surface area contributed by atoms with Crippen LogP contribution in [0.5, 0.6) is 0 Å². The third-order valence-electron chi connectivity index (χ3n) is 3.90. The number of hydrogen-bond acceptors (Lipinski definition) is 7. The van der Waals surface area contributed by atoms with Crippen molar-refractivity contribution in [1.29, 1.82) is 0 Å². The summed E-state index contributed by atoms with van der Waals surface area (Å²) >= 11 is 0. The Balaban J connectivity index is 4.88. The minimum atomic E-state index is -1.35. The predicted octanol–water partition coefficient (Wildman–Crippen LogP) is -3.57. The average molecular weight is 416 g/mol. The number of nitrogens with zero attached hydrogens (tertiary/aromatic N) is 1. The van der Waals surface area contributed by atoms with Gasteiger partial charge in [0.2, 0.25) is 17.7 Å². The number of primary amides is 1. The fourth-order valence-electron chi connectivity index (χ4n) is 2.36. The lowest BCUT2D eigenvalue weighted by Gasteiger charge is -2.22. The molecule has 0 unspecified atom stereocenters. The van der Waals surface area contributed by atoms with E-state index in [0.29, 0.717) is 25.8 Å². The van der Waals surface area contributed by atoms with Gasteiger partial charge in [-0.3, -0.25) is 19.4 Å². The van der Waals surface area contributed by atoms with Crippen molar-refractivity contribution >= 4 is 29.7 Å². The molecule has 29 heavy (non-hydrogen) atoms. The van der Waals surface area contributed by atoms with Crippen LogP contribution in [0.1, 0.15) is 38.5 Å². The topological polar surface area (TPSA) is 255 Å². The van der Waals surface area contributed by atoms with E-state index < -0.39 is 48.2 Å². The number of carboxylic acids is 1. The molecule has 0 heterocycles. The van der Waals surface area contributed by atoms with Crippen molar-refractivity contribution < 1.29 is 24.3 Å². The Bertz CT molecular complexity index is 594. The third kappa shape index (κ3) is 12.2. The van der Waals surface area contributed by atoms with E-state index >= 15 is 0 Å². The fraction of sp³-hybridized carbons (Fsp3) is 0.688. The number of guanidine groups is 1. The summed E-state index contributed by atoms with van der Waals surface area (Å²) in [6.07, 6.45) is 1.37. The van der Waals surface area contributed by atoms with Crippen molar-refractivity contribution in [1.82, 2.24) is 10.6 Å². The average Bonchev–Trinajstić information content (AvgIpc) is 2.62. The largest absolute Gasteiger partial charge is 0.480 e. The maximum absolute atomic E-state index is 12.4. The quantitative estimate of drug-likeness (QED) is 0.0744. The Labute approximate surface area is 168 Å². The minimum absolute atomic E-state index is 0.0827. The van der Waals surface area contributed by atoms with E-state index in [1.165, 1.54) is 0 Å². The van der Waals surface area contributed by atoms with Crippen LogP contribution in [-0.2, 0) is 19.2 Å². The summed E-state index contributed by atoms with van der Waals surface area (Å²) in [5, 5.41) is 13.9. The molecule has 13 nitrogen and oxygen atoms in total. The van der Waals surface area contributed by atoms with Crippen molar-refractivity contribution in [2.75, 3.05) is 13.1 Å². The molecule has 0 saturated heterocycles. The minimum Gasteiger partial charge on any atom is -0.480 e. The van der Waals surface area contributed by atoms with E-state index in [0.717, 1.165) is 0 Å². The summed E-state index contributed by atoms with van der Waals surface area (Å²) in [6, 6.07) is -3.51. The first-order chi connectivity index (χ1) is 13.6. The van der Waals surface area contributed by atoms with Crippen LogP contribution in [0.4, 0.5) is 0 Å². The smallest absolute Gasteiger partial charge is 0.326 e. The standard InChI is InChI=1S/C16H32N8O5/c17-6-2-1-5-10(15(28)29)23-14(27)11(8-12(19)25)24-13(26)9(18)4-3-7-22-16(20)21/h9-11H,1-8,17-18H2,(H2,19,25)(H,23,27)(H,24,26)(H,28,29)(H4,20,21,22)/t9-,10-,11-/m0/s1. The Morgan fingerprint density at radius 2 is 1.52 bits per heavy atom. The van der Waals surface area contributed by atoms with E-state index in [-0.39, 0.29) is 25.3 Å². The molecule has 13 heteroatoms. The third-order valence-corrected chi connectivity index (χ3v) is 3.90. The molecular formula is C16H32N8O5. The molecule has 0 rings (SSSR count). The number of aliphatic imine (C=N–C) groups is 1. The lowest BCUT2D eigenvalue weighted by atomic mass is 10.1. The van der Waals surface area contributed by atoms with Gasteiger partial charge in [0, 0.05) is 6.54 Å². The van der Waals surface area contributed by atoms with Crippen molar-refractivity contribution in [2.24, 2.45) is 33.7 Å². The van der Waals surface area contributed by atoms with E-state index in [9.17, 15) is 24.3 Å². The summed E-state index contributed by atoms with van der Waals surface area (Å²) in [7, 11) is 0. The number of hydrogen-bond donors (Lipinski definition) is 8. The zero-order valence-corrected chi connectivity index (χ0v) is 16.3.